The van der Waals surface area contributed by atoms with Crippen molar-refractivity contribution < 1.29 is 14.6 Å². The highest BCUT2D eigenvalue weighted by molar-refractivity contribution is 5.75. The minimum atomic E-state index is -0.00374. The highest BCUT2D eigenvalue weighted by atomic mass is 16.5. The van der Waals surface area contributed by atoms with Gasteiger partial charge in [-0.05, 0) is 38.3 Å². The number of nitrogens with zero attached hydrogens (tertiary/aromatic N) is 2. The Balaban J connectivity index is 1.52. The molecule has 0 radical (unpaired) electrons. The van der Waals surface area contributed by atoms with Gasteiger partial charge in [-0.25, -0.2) is 4.79 Å². The maximum atomic E-state index is 12.7. The summed E-state index contributed by atoms with van der Waals surface area (Å²) in [4.78, 5) is 17.0. The van der Waals surface area contributed by atoms with Gasteiger partial charge in [-0.3, -0.25) is 4.90 Å². The highest BCUT2D eigenvalue weighted by Gasteiger charge is 2.33. The average Bonchev–Trinajstić information content (AvgIpc) is 3.51. The van der Waals surface area contributed by atoms with Crippen LogP contribution in [-0.2, 0) is 6.54 Å². The van der Waals surface area contributed by atoms with E-state index in [2.05, 4.69) is 10.2 Å². The summed E-state index contributed by atoms with van der Waals surface area (Å²) in [7, 11) is 1.66. The van der Waals surface area contributed by atoms with Crippen LogP contribution < -0.4 is 10.1 Å². The second-order valence-corrected chi connectivity index (χ2v) is 7.27. The second-order valence-electron chi connectivity index (χ2n) is 7.27. The van der Waals surface area contributed by atoms with E-state index in [1.165, 1.54) is 12.8 Å². The number of aliphatic hydroxyl groups excluding tert-OH is 1. The van der Waals surface area contributed by atoms with Crippen molar-refractivity contribution >= 4 is 6.03 Å². The van der Waals surface area contributed by atoms with Crippen LogP contribution in [0.3, 0.4) is 0 Å². The Morgan fingerprint density at radius 3 is 2.85 bits per heavy atom. The monoisotopic (exact) mass is 361 g/mol. The molecule has 6 nitrogen and oxygen atoms in total. The van der Waals surface area contributed by atoms with Crippen molar-refractivity contribution in [2.45, 2.75) is 50.7 Å². The molecule has 2 amide bonds. The summed E-state index contributed by atoms with van der Waals surface area (Å²) < 4.78 is 5.42. The molecular formula is C20H31N3O3. The normalized spacial score (nSPS) is 20.6. The number of para-hydroxylation sites is 1. The third-order valence-corrected chi connectivity index (χ3v) is 5.42. The van der Waals surface area contributed by atoms with Gasteiger partial charge in [0.05, 0.1) is 20.3 Å². The van der Waals surface area contributed by atoms with Crippen LogP contribution in [0.2, 0.25) is 0 Å². The van der Waals surface area contributed by atoms with Gasteiger partial charge < -0.3 is 20.1 Å². The minimum Gasteiger partial charge on any atom is -0.496 e. The van der Waals surface area contributed by atoms with Crippen molar-refractivity contribution in [1.29, 1.82) is 0 Å². The third-order valence-electron chi connectivity index (χ3n) is 5.42. The van der Waals surface area contributed by atoms with Gasteiger partial charge in [0.25, 0.3) is 0 Å². The molecule has 1 aromatic carbocycles. The lowest BCUT2D eigenvalue weighted by Gasteiger charge is -2.34. The molecule has 26 heavy (non-hydrogen) atoms. The number of hydrogen-bond acceptors (Lipinski definition) is 4. The first-order valence-electron chi connectivity index (χ1n) is 9.74. The smallest absolute Gasteiger partial charge is 0.317 e. The number of amides is 2. The summed E-state index contributed by atoms with van der Waals surface area (Å²) in [5.74, 6) is 0.824. The lowest BCUT2D eigenvalue weighted by Crippen LogP contribution is -2.47. The van der Waals surface area contributed by atoms with Crippen LogP contribution in [0.1, 0.15) is 37.7 Å². The van der Waals surface area contributed by atoms with Gasteiger partial charge in [-0.15, -0.1) is 0 Å². The summed E-state index contributed by atoms with van der Waals surface area (Å²) in [5.41, 5.74) is 1.04. The first kappa shape index (κ1) is 19.0. The van der Waals surface area contributed by atoms with Crippen LogP contribution in [0, 0.1) is 0 Å². The topological polar surface area (TPSA) is 65.0 Å². The van der Waals surface area contributed by atoms with E-state index in [1.807, 2.05) is 29.2 Å². The molecule has 144 valence electrons. The SMILES string of the molecule is COc1ccccc1CN(C(=O)NCCN1CCCCC1CO)C1CC1. The largest absolute Gasteiger partial charge is 0.496 e. The van der Waals surface area contributed by atoms with Gasteiger partial charge in [-0.2, -0.15) is 0 Å². The van der Waals surface area contributed by atoms with Crippen LogP contribution in [0.4, 0.5) is 4.79 Å². The molecule has 1 aliphatic heterocycles. The van der Waals surface area contributed by atoms with Gasteiger partial charge in [-0.1, -0.05) is 24.6 Å². The Hall–Kier alpha value is -1.79. The fraction of sp³-hybridized carbons (Fsp3) is 0.650. The average molecular weight is 361 g/mol. The fourth-order valence-corrected chi connectivity index (χ4v) is 3.74. The second kappa shape index (κ2) is 9.24. The summed E-state index contributed by atoms with van der Waals surface area (Å²) in [6.45, 7) is 3.20. The summed E-state index contributed by atoms with van der Waals surface area (Å²) in [6.07, 6.45) is 5.55. The molecule has 0 spiro atoms. The van der Waals surface area contributed by atoms with Crippen LogP contribution in [0.25, 0.3) is 0 Å². The van der Waals surface area contributed by atoms with Gasteiger partial charge in [0.1, 0.15) is 5.75 Å². The van der Waals surface area contributed by atoms with E-state index in [0.717, 1.165) is 43.7 Å². The van der Waals surface area contributed by atoms with E-state index >= 15 is 0 Å². The molecule has 1 atom stereocenters. The van der Waals surface area contributed by atoms with E-state index in [-0.39, 0.29) is 18.7 Å². The predicted molar refractivity (Wildman–Crippen MR) is 101 cm³/mol. The molecule has 1 saturated heterocycles. The molecule has 1 unspecified atom stereocenters. The van der Waals surface area contributed by atoms with E-state index in [4.69, 9.17) is 4.74 Å². The molecule has 0 bridgehead atoms. The number of methoxy groups -OCH3 is 1. The summed E-state index contributed by atoms with van der Waals surface area (Å²) in [5, 5.41) is 12.6. The predicted octanol–water partition coefficient (Wildman–Crippen LogP) is 2.22. The van der Waals surface area contributed by atoms with Crippen molar-refractivity contribution in [3.63, 3.8) is 0 Å². The number of benzene rings is 1. The number of urea groups is 1. The Morgan fingerprint density at radius 2 is 2.12 bits per heavy atom. The summed E-state index contributed by atoms with van der Waals surface area (Å²) >= 11 is 0. The number of hydrogen-bond donors (Lipinski definition) is 2. The zero-order chi connectivity index (χ0) is 18.4. The van der Waals surface area contributed by atoms with Crippen LogP contribution in [-0.4, -0.2) is 66.4 Å². The first-order chi connectivity index (χ1) is 12.7. The molecule has 1 aromatic rings. The fourth-order valence-electron chi connectivity index (χ4n) is 3.74. The number of carbonyl (C=O) groups is 1. The number of likely N-dealkylation sites (tertiary alicyclic amines) is 1. The van der Waals surface area contributed by atoms with E-state index in [1.54, 1.807) is 7.11 Å². The Labute approximate surface area is 156 Å². The molecule has 2 aliphatic rings. The highest BCUT2D eigenvalue weighted by Crippen LogP contribution is 2.30. The molecule has 6 heteroatoms. The molecular weight excluding hydrogens is 330 g/mol. The maximum Gasteiger partial charge on any atom is 0.317 e. The van der Waals surface area contributed by atoms with Gasteiger partial charge in [0.2, 0.25) is 0 Å². The van der Waals surface area contributed by atoms with Crippen molar-refractivity contribution in [2.75, 3.05) is 33.4 Å². The Morgan fingerprint density at radius 1 is 1.31 bits per heavy atom. The minimum absolute atomic E-state index is 0.00374. The number of aliphatic hydroxyl groups is 1. The number of rotatable bonds is 8. The number of ether oxygens (including phenoxy) is 1. The lowest BCUT2D eigenvalue weighted by molar-refractivity contribution is 0.0909. The van der Waals surface area contributed by atoms with Crippen LogP contribution >= 0.6 is 0 Å². The number of carbonyl (C=O) groups excluding carboxylic acids is 1. The van der Waals surface area contributed by atoms with E-state index < -0.39 is 0 Å². The lowest BCUT2D eigenvalue weighted by atomic mass is 10.0. The van der Waals surface area contributed by atoms with Crippen LogP contribution in [0.5, 0.6) is 5.75 Å². The molecule has 1 aliphatic carbocycles. The molecule has 0 aromatic heterocycles. The number of nitrogens with one attached hydrogen (secondary N) is 1. The standard InChI is InChI=1S/C20H31N3O3/c1-26-19-8-3-2-6-16(19)14-23(17-9-10-17)20(25)21-11-13-22-12-5-4-7-18(22)15-24/h2-3,6,8,17-18,24H,4-5,7,9-15H2,1H3,(H,21,25). The van der Waals surface area contributed by atoms with Crippen molar-refractivity contribution in [2.24, 2.45) is 0 Å². The van der Waals surface area contributed by atoms with E-state index in [0.29, 0.717) is 19.1 Å². The quantitative estimate of drug-likeness (QED) is 0.745. The van der Waals surface area contributed by atoms with Gasteiger partial charge in [0.15, 0.2) is 0 Å². The van der Waals surface area contributed by atoms with Gasteiger partial charge >= 0.3 is 6.03 Å². The zero-order valence-corrected chi connectivity index (χ0v) is 15.7. The molecule has 2 N–H and O–H groups in total. The molecule has 3 rings (SSSR count). The van der Waals surface area contributed by atoms with Crippen molar-refractivity contribution in [3.05, 3.63) is 29.8 Å². The first-order valence-corrected chi connectivity index (χ1v) is 9.74. The van der Waals surface area contributed by atoms with Crippen molar-refractivity contribution in [3.8, 4) is 5.75 Å². The van der Waals surface area contributed by atoms with Crippen LogP contribution in [0.15, 0.2) is 24.3 Å². The Bertz CT molecular complexity index is 591. The maximum absolute atomic E-state index is 12.7. The number of piperidine rings is 1. The molecule has 1 heterocycles. The van der Waals surface area contributed by atoms with E-state index in [9.17, 15) is 9.90 Å². The Kier molecular flexibility index (Phi) is 6.74. The zero-order valence-electron chi connectivity index (χ0n) is 15.7. The molecule has 2 fully saturated rings. The molecule has 1 saturated carbocycles. The van der Waals surface area contributed by atoms with Crippen molar-refractivity contribution in [1.82, 2.24) is 15.1 Å². The third kappa shape index (κ3) is 4.89. The van der Waals surface area contributed by atoms with Gasteiger partial charge in [0, 0.05) is 30.7 Å². The summed E-state index contributed by atoms with van der Waals surface area (Å²) in [6, 6.07) is 8.45.